The molecule has 1 rings (SSSR count). The van der Waals surface area contributed by atoms with E-state index < -0.39 is 0 Å². The maximum atomic E-state index is 11.3. The molecule has 1 nitrogen and oxygen atoms in total. The van der Waals surface area contributed by atoms with Gasteiger partial charge in [-0.05, 0) is 37.1 Å². The summed E-state index contributed by atoms with van der Waals surface area (Å²) in [6.45, 7) is 4.00. The van der Waals surface area contributed by atoms with Gasteiger partial charge in [0.2, 0.25) is 0 Å². The van der Waals surface area contributed by atoms with Gasteiger partial charge < -0.3 is 0 Å². The van der Waals surface area contributed by atoms with E-state index in [4.69, 9.17) is 11.6 Å². The number of allylic oxidation sites excluding steroid dienone is 1. The summed E-state index contributed by atoms with van der Waals surface area (Å²) in [4.78, 5) is 11.3. The molecule has 0 saturated heterocycles. The van der Waals surface area contributed by atoms with Gasteiger partial charge in [-0.3, -0.25) is 4.79 Å². The molecule has 0 heterocycles. The molecule has 1 aromatic carbocycles. The van der Waals surface area contributed by atoms with Gasteiger partial charge in [0, 0.05) is 11.1 Å². The van der Waals surface area contributed by atoms with Gasteiger partial charge in [0.1, 0.15) is 0 Å². The third-order valence-electron chi connectivity index (χ3n) is 2.01. The predicted molar refractivity (Wildman–Crippen MR) is 55.2 cm³/mol. The van der Waals surface area contributed by atoms with E-state index in [0.29, 0.717) is 5.56 Å². The molecule has 0 fully saturated rings. The number of carbonyl (C=O) groups is 1. The van der Waals surface area contributed by atoms with Crippen LogP contribution in [0.1, 0.15) is 21.5 Å². The molecule has 0 saturated carbocycles. The normalized spacial score (nSPS) is 10.7. The molecule has 0 N–H and O–H groups in total. The lowest BCUT2D eigenvalue weighted by Crippen LogP contribution is -1.95. The highest BCUT2D eigenvalue weighted by Crippen LogP contribution is 2.10. The van der Waals surface area contributed by atoms with E-state index in [0.717, 1.165) is 5.56 Å². The van der Waals surface area contributed by atoms with Crippen molar-refractivity contribution in [3.63, 3.8) is 0 Å². The zero-order chi connectivity index (χ0) is 9.84. The van der Waals surface area contributed by atoms with Crippen molar-refractivity contribution in [3.05, 3.63) is 46.5 Å². The van der Waals surface area contributed by atoms with Crippen LogP contribution in [0.15, 0.2) is 29.8 Å². The highest BCUT2D eigenvalue weighted by atomic mass is 35.5. The molecule has 0 atom stereocenters. The summed E-state index contributed by atoms with van der Waals surface area (Å²) in [6.07, 6.45) is 1.35. The topological polar surface area (TPSA) is 17.1 Å². The Morgan fingerprint density at radius 1 is 1.31 bits per heavy atom. The van der Waals surface area contributed by atoms with E-state index in [-0.39, 0.29) is 5.78 Å². The van der Waals surface area contributed by atoms with Crippen LogP contribution in [0, 0.1) is 13.8 Å². The van der Waals surface area contributed by atoms with Crippen molar-refractivity contribution in [2.45, 2.75) is 13.8 Å². The second-order valence-corrected chi connectivity index (χ2v) is 3.21. The summed E-state index contributed by atoms with van der Waals surface area (Å²) in [6, 6.07) is 5.61. The SMILES string of the molecule is Cc1ccc(C(=O)/C=C/Cl)cc1C. The zero-order valence-corrected chi connectivity index (χ0v) is 8.43. The lowest BCUT2D eigenvalue weighted by molar-refractivity contribution is 0.104. The number of ketones is 1. The van der Waals surface area contributed by atoms with Gasteiger partial charge in [-0.1, -0.05) is 23.7 Å². The molecule has 0 aliphatic rings. The second-order valence-electron chi connectivity index (χ2n) is 2.96. The smallest absolute Gasteiger partial charge is 0.186 e. The van der Waals surface area contributed by atoms with E-state index >= 15 is 0 Å². The molecule has 0 amide bonds. The maximum absolute atomic E-state index is 11.3. The van der Waals surface area contributed by atoms with E-state index in [9.17, 15) is 4.79 Å². The number of hydrogen-bond acceptors (Lipinski definition) is 1. The second kappa shape index (κ2) is 4.24. The van der Waals surface area contributed by atoms with Gasteiger partial charge in [-0.15, -0.1) is 0 Å². The first-order valence-electron chi connectivity index (χ1n) is 4.03. The lowest BCUT2D eigenvalue weighted by Gasteiger charge is -2.01. The third-order valence-corrected chi connectivity index (χ3v) is 2.13. The largest absolute Gasteiger partial charge is 0.289 e. The zero-order valence-electron chi connectivity index (χ0n) is 7.67. The minimum absolute atomic E-state index is 0.0573. The van der Waals surface area contributed by atoms with Gasteiger partial charge in [-0.25, -0.2) is 0 Å². The monoisotopic (exact) mass is 194 g/mol. The van der Waals surface area contributed by atoms with Gasteiger partial charge in [0.05, 0.1) is 0 Å². The Kier molecular flexibility index (Phi) is 3.26. The number of rotatable bonds is 2. The van der Waals surface area contributed by atoms with E-state index in [1.807, 2.05) is 32.0 Å². The van der Waals surface area contributed by atoms with Crippen molar-refractivity contribution in [2.24, 2.45) is 0 Å². The Morgan fingerprint density at radius 3 is 2.54 bits per heavy atom. The summed E-state index contributed by atoms with van der Waals surface area (Å²) in [5.41, 5.74) is 4.22. The Labute approximate surface area is 83.0 Å². The summed E-state index contributed by atoms with van der Waals surface area (Å²) in [5.74, 6) is -0.0573. The quantitative estimate of drug-likeness (QED) is 0.522. The van der Waals surface area contributed by atoms with Gasteiger partial charge in [0.15, 0.2) is 5.78 Å². The summed E-state index contributed by atoms with van der Waals surface area (Å²) >= 11 is 5.32. The van der Waals surface area contributed by atoms with Gasteiger partial charge in [-0.2, -0.15) is 0 Å². The fraction of sp³-hybridized carbons (Fsp3) is 0.182. The van der Waals surface area contributed by atoms with Crippen LogP contribution in [0.5, 0.6) is 0 Å². The van der Waals surface area contributed by atoms with Gasteiger partial charge in [0.25, 0.3) is 0 Å². The van der Waals surface area contributed by atoms with Crippen molar-refractivity contribution in [3.8, 4) is 0 Å². The number of benzene rings is 1. The van der Waals surface area contributed by atoms with Crippen LogP contribution in [0.25, 0.3) is 0 Å². The third kappa shape index (κ3) is 2.43. The molecule has 0 spiro atoms. The molecule has 0 bridgehead atoms. The van der Waals surface area contributed by atoms with Crippen molar-refractivity contribution in [2.75, 3.05) is 0 Å². The molecule has 0 aromatic heterocycles. The number of halogens is 1. The minimum Gasteiger partial charge on any atom is -0.289 e. The molecular weight excluding hydrogens is 184 g/mol. The van der Waals surface area contributed by atoms with Crippen LogP contribution in [0.3, 0.4) is 0 Å². The first kappa shape index (κ1) is 10.0. The molecule has 13 heavy (non-hydrogen) atoms. The molecular formula is C11H11ClO. The Morgan fingerprint density at radius 2 is 2.00 bits per heavy atom. The van der Waals surface area contributed by atoms with Crippen LogP contribution < -0.4 is 0 Å². The molecule has 2 heteroatoms. The van der Waals surface area contributed by atoms with Crippen LogP contribution in [-0.2, 0) is 0 Å². The minimum atomic E-state index is -0.0573. The van der Waals surface area contributed by atoms with Crippen molar-refractivity contribution < 1.29 is 4.79 Å². The Balaban J connectivity index is 3.04. The standard InChI is InChI=1S/C11H11ClO/c1-8-3-4-10(7-9(8)2)11(13)5-6-12/h3-7H,1-2H3/b6-5+. The lowest BCUT2D eigenvalue weighted by atomic mass is 10.0. The van der Waals surface area contributed by atoms with Crippen LogP contribution >= 0.6 is 11.6 Å². The molecule has 1 aromatic rings. The fourth-order valence-electron chi connectivity index (χ4n) is 1.05. The molecule has 0 radical (unpaired) electrons. The van der Waals surface area contributed by atoms with Crippen molar-refractivity contribution >= 4 is 17.4 Å². The van der Waals surface area contributed by atoms with E-state index in [1.165, 1.54) is 17.2 Å². The summed E-state index contributed by atoms with van der Waals surface area (Å²) < 4.78 is 0. The average molecular weight is 195 g/mol. The van der Waals surface area contributed by atoms with E-state index in [2.05, 4.69) is 0 Å². The predicted octanol–water partition coefficient (Wildman–Crippen LogP) is 3.24. The Bertz CT molecular complexity index is 353. The van der Waals surface area contributed by atoms with Gasteiger partial charge >= 0.3 is 0 Å². The molecule has 0 aliphatic carbocycles. The van der Waals surface area contributed by atoms with Crippen LogP contribution in [-0.4, -0.2) is 5.78 Å². The number of aryl methyl sites for hydroxylation is 2. The average Bonchev–Trinajstić information content (AvgIpc) is 2.10. The van der Waals surface area contributed by atoms with E-state index in [1.54, 1.807) is 0 Å². The molecule has 68 valence electrons. The van der Waals surface area contributed by atoms with Crippen LogP contribution in [0.4, 0.5) is 0 Å². The fourth-order valence-corrected chi connectivity index (χ4v) is 1.16. The first-order valence-corrected chi connectivity index (χ1v) is 4.47. The first-order chi connectivity index (χ1) is 6.15. The number of carbonyl (C=O) groups excluding carboxylic acids is 1. The highest BCUT2D eigenvalue weighted by Gasteiger charge is 2.02. The van der Waals surface area contributed by atoms with Crippen LogP contribution in [0.2, 0.25) is 0 Å². The molecule has 0 unspecified atom stereocenters. The van der Waals surface area contributed by atoms with Crippen molar-refractivity contribution in [1.29, 1.82) is 0 Å². The summed E-state index contributed by atoms with van der Waals surface area (Å²) in [7, 11) is 0. The highest BCUT2D eigenvalue weighted by molar-refractivity contribution is 6.27. The number of hydrogen-bond donors (Lipinski definition) is 0. The Hall–Kier alpha value is -1.08. The summed E-state index contributed by atoms with van der Waals surface area (Å²) in [5, 5.41) is 0. The van der Waals surface area contributed by atoms with Crippen molar-refractivity contribution in [1.82, 2.24) is 0 Å². The maximum Gasteiger partial charge on any atom is 0.186 e. The molecule has 0 aliphatic heterocycles.